The number of nitrogens with one attached hydrogen (secondary N) is 2. The Hall–Kier alpha value is -1.99. The molecule has 3 N–H and O–H groups in total. The van der Waals surface area contributed by atoms with Gasteiger partial charge in [0.2, 0.25) is 5.89 Å². The Morgan fingerprint density at radius 3 is 2.67 bits per heavy atom. The van der Waals surface area contributed by atoms with Gasteiger partial charge in [0, 0.05) is 17.7 Å². The highest BCUT2D eigenvalue weighted by Gasteiger charge is 2.22. The van der Waals surface area contributed by atoms with E-state index in [4.69, 9.17) is 16.6 Å². The number of amides is 1. The number of aliphatic hydroxyl groups is 1. The fraction of sp³-hybridized carbons (Fsp3) is 0.471. The number of H-pyrrole nitrogens is 1. The molecule has 1 atom stereocenters. The molecule has 1 aliphatic rings. The van der Waals surface area contributed by atoms with Crippen LogP contribution in [0.4, 0.5) is 0 Å². The van der Waals surface area contributed by atoms with Crippen molar-refractivity contribution >= 4 is 18.1 Å². The molecule has 1 amide bonds. The van der Waals surface area contributed by atoms with Crippen LogP contribution in [0.3, 0.4) is 0 Å². The van der Waals surface area contributed by atoms with Gasteiger partial charge in [-0.1, -0.05) is 19.3 Å². The number of rotatable bonds is 5. The minimum Gasteiger partial charge on any atom is -0.409 e. The summed E-state index contributed by atoms with van der Waals surface area (Å²) >= 11 is 4.84. The predicted octanol–water partition coefficient (Wildman–Crippen LogP) is 3.07. The zero-order valence-electron chi connectivity index (χ0n) is 13.3. The highest BCUT2D eigenvalue weighted by Crippen LogP contribution is 2.26. The first-order valence-electron chi connectivity index (χ1n) is 8.25. The van der Waals surface area contributed by atoms with E-state index < -0.39 is 6.10 Å². The van der Waals surface area contributed by atoms with Crippen LogP contribution in [0.25, 0.3) is 11.5 Å². The Morgan fingerprint density at radius 2 is 2.04 bits per heavy atom. The van der Waals surface area contributed by atoms with Gasteiger partial charge in [-0.15, -0.1) is 5.10 Å². The van der Waals surface area contributed by atoms with E-state index in [0.717, 1.165) is 18.4 Å². The highest BCUT2D eigenvalue weighted by molar-refractivity contribution is 7.71. The zero-order chi connectivity index (χ0) is 16.9. The minimum absolute atomic E-state index is 0.195. The van der Waals surface area contributed by atoms with Gasteiger partial charge in [0.25, 0.3) is 10.7 Å². The molecule has 0 spiro atoms. The van der Waals surface area contributed by atoms with Crippen LogP contribution in [0.5, 0.6) is 0 Å². The molecule has 6 nitrogen and oxygen atoms in total. The highest BCUT2D eigenvalue weighted by atomic mass is 32.1. The van der Waals surface area contributed by atoms with Crippen LogP contribution in [-0.2, 0) is 0 Å². The van der Waals surface area contributed by atoms with Crippen molar-refractivity contribution in [3.63, 3.8) is 0 Å². The lowest BCUT2D eigenvalue weighted by atomic mass is 9.85. The molecule has 1 aromatic heterocycles. The van der Waals surface area contributed by atoms with Crippen LogP contribution in [0.15, 0.2) is 28.7 Å². The molecular weight excluding hydrogens is 326 g/mol. The Morgan fingerprint density at radius 1 is 1.33 bits per heavy atom. The van der Waals surface area contributed by atoms with Crippen molar-refractivity contribution in [3.8, 4) is 11.5 Å². The Balaban J connectivity index is 1.56. The maximum absolute atomic E-state index is 12.2. The molecule has 1 fully saturated rings. The molecule has 1 heterocycles. The first-order valence-corrected chi connectivity index (χ1v) is 8.66. The average molecular weight is 347 g/mol. The first kappa shape index (κ1) is 16.9. The lowest BCUT2D eigenvalue weighted by Gasteiger charge is -2.26. The number of nitrogens with zero attached hydrogens (tertiary/aromatic N) is 1. The van der Waals surface area contributed by atoms with Crippen LogP contribution < -0.4 is 5.32 Å². The summed E-state index contributed by atoms with van der Waals surface area (Å²) in [5.41, 5.74) is 1.27. The number of carbonyl (C=O) groups excluding carboxylic acids is 1. The SMILES string of the molecule is O=C(NC[C@@H](O)C1CCCCC1)c1ccc(-c2n[nH]c(=S)o2)cc1. The number of aliphatic hydroxyl groups excluding tert-OH is 1. The third kappa shape index (κ3) is 4.10. The van der Waals surface area contributed by atoms with Crippen molar-refractivity contribution in [2.45, 2.75) is 38.2 Å². The van der Waals surface area contributed by atoms with Gasteiger partial charge in [0.1, 0.15) is 0 Å². The fourth-order valence-electron chi connectivity index (χ4n) is 3.10. The van der Waals surface area contributed by atoms with E-state index in [1.807, 2.05) is 0 Å². The van der Waals surface area contributed by atoms with Crippen LogP contribution >= 0.6 is 12.2 Å². The Labute approximate surface area is 145 Å². The van der Waals surface area contributed by atoms with E-state index in [2.05, 4.69) is 15.5 Å². The lowest BCUT2D eigenvalue weighted by Crippen LogP contribution is -2.37. The van der Waals surface area contributed by atoms with Gasteiger partial charge >= 0.3 is 0 Å². The maximum atomic E-state index is 12.2. The second-order valence-corrected chi connectivity index (χ2v) is 6.54. The molecule has 2 aromatic rings. The average Bonchev–Trinajstić information content (AvgIpc) is 3.06. The van der Waals surface area contributed by atoms with Crippen molar-refractivity contribution in [2.75, 3.05) is 6.54 Å². The molecule has 0 radical (unpaired) electrons. The molecule has 128 valence electrons. The van der Waals surface area contributed by atoms with E-state index in [0.29, 0.717) is 23.9 Å². The zero-order valence-corrected chi connectivity index (χ0v) is 14.1. The van der Waals surface area contributed by atoms with Gasteiger partial charge in [-0.3, -0.25) is 4.79 Å². The smallest absolute Gasteiger partial charge is 0.284 e. The number of benzene rings is 1. The molecule has 1 aliphatic carbocycles. The van der Waals surface area contributed by atoms with Crippen molar-refractivity contribution in [2.24, 2.45) is 5.92 Å². The van der Waals surface area contributed by atoms with E-state index in [1.165, 1.54) is 19.3 Å². The quantitative estimate of drug-likeness (QED) is 0.723. The second-order valence-electron chi connectivity index (χ2n) is 6.17. The molecule has 24 heavy (non-hydrogen) atoms. The monoisotopic (exact) mass is 347 g/mol. The summed E-state index contributed by atoms with van der Waals surface area (Å²) in [4.78, 5) is 12.4. The summed E-state index contributed by atoms with van der Waals surface area (Å²) < 4.78 is 5.23. The molecule has 1 aromatic carbocycles. The summed E-state index contributed by atoms with van der Waals surface area (Å²) in [6.07, 6.45) is 5.20. The van der Waals surface area contributed by atoms with Crippen molar-refractivity contribution in [1.82, 2.24) is 15.5 Å². The van der Waals surface area contributed by atoms with Crippen molar-refractivity contribution in [3.05, 3.63) is 34.7 Å². The maximum Gasteiger partial charge on any atom is 0.284 e. The normalized spacial score (nSPS) is 16.7. The summed E-state index contributed by atoms with van der Waals surface area (Å²) in [6, 6.07) is 6.90. The van der Waals surface area contributed by atoms with E-state index >= 15 is 0 Å². The summed E-state index contributed by atoms with van der Waals surface area (Å²) in [6.45, 7) is 0.291. The summed E-state index contributed by atoms with van der Waals surface area (Å²) in [5, 5.41) is 19.5. The lowest BCUT2D eigenvalue weighted by molar-refractivity contribution is 0.0738. The van der Waals surface area contributed by atoms with Crippen LogP contribution in [0, 0.1) is 10.8 Å². The predicted molar refractivity (Wildman–Crippen MR) is 92.0 cm³/mol. The molecule has 0 unspecified atom stereocenters. The van der Waals surface area contributed by atoms with Gasteiger partial charge < -0.3 is 14.8 Å². The van der Waals surface area contributed by atoms with E-state index in [-0.39, 0.29) is 10.7 Å². The number of hydrogen-bond donors (Lipinski definition) is 3. The molecule has 7 heteroatoms. The molecule has 1 saturated carbocycles. The number of aromatic amines is 1. The Kier molecular flexibility index (Phi) is 5.42. The van der Waals surface area contributed by atoms with Gasteiger partial charge in [-0.2, -0.15) is 0 Å². The van der Waals surface area contributed by atoms with E-state index in [1.54, 1.807) is 24.3 Å². The second kappa shape index (κ2) is 7.72. The largest absolute Gasteiger partial charge is 0.409 e. The van der Waals surface area contributed by atoms with Gasteiger partial charge in [0.15, 0.2) is 0 Å². The number of hydrogen-bond acceptors (Lipinski definition) is 5. The topological polar surface area (TPSA) is 91.1 Å². The minimum atomic E-state index is -0.471. The van der Waals surface area contributed by atoms with E-state index in [9.17, 15) is 9.90 Å². The third-order valence-corrected chi connectivity index (χ3v) is 4.67. The van der Waals surface area contributed by atoms with Crippen LogP contribution in [-0.4, -0.2) is 33.9 Å². The van der Waals surface area contributed by atoms with Crippen molar-refractivity contribution < 1.29 is 14.3 Å². The number of aromatic nitrogens is 2. The van der Waals surface area contributed by atoms with Crippen molar-refractivity contribution in [1.29, 1.82) is 0 Å². The number of carbonyl (C=O) groups is 1. The molecule has 0 saturated heterocycles. The molecule has 0 bridgehead atoms. The Bertz CT molecular complexity index is 732. The van der Waals surface area contributed by atoms with Gasteiger partial charge in [-0.25, -0.2) is 5.10 Å². The van der Waals surface area contributed by atoms with Gasteiger partial charge in [0.05, 0.1) is 6.10 Å². The summed E-state index contributed by atoms with van der Waals surface area (Å²) in [7, 11) is 0. The molecule has 3 rings (SSSR count). The first-order chi connectivity index (χ1) is 11.6. The fourth-order valence-corrected chi connectivity index (χ4v) is 3.23. The summed E-state index contributed by atoms with van der Waals surface area (Å²) in [5.74, 6) is 0.495. The standard InChI is InChI=1S/C17H21N3O3S/c21-14(11-4-2-1-3-5-11)10-18-15(22)12-6-8-13(9-7-12)16-19-20-17(24)23-16/h6-9,11,14,21H,1-5,10H2,(H,18,22)(H,20,24)/t14-/m1/s1. The third-order valence-electron chi connectivity index (χ3n) is 4.50. The van der Waals surface area contributed by atoms with Crippen LogP contribution in [0.2, 0.25) is 0 Å². The molecule has 0 aliphatic heterocycles. The van der Waals surface area contributed by atoms with Crippen LogP contribution in [0.1, 0.15) is 42.5 Å². The molecular formula is C17H21N3O3S. The van der Waals surface area contributed by atoms with Gasteiger partial charge in [-0.05, 0) is 55.2 Å².